The molecular formula is C17H24N2O2. The van der Waals surface area contributed by atoms with Crippen LogP contribution in [0.25, 0.3) is 0 Å². The van der Waals surface area contributed by atoms with E-state index in [-0.39, 0.29) is 11.9 Å². The molecule has 1 heterocycles. The van der Waals surface area contributed by atoms with E-state index in [2.05, 4.69) is 0 Å². The lowest BCUT2D eigenvalue weighted by atomic mass is 9.78. The lowest BCUT2D eigenvalue weighted by Gasteiger charge is -2.29. The summed E-state index contributed by atoms with van der Waals surface area (Å²) in [6.45, 7) is 1.74. The molecule has 1 saturated carbocycles. The van der Waals surface area contributed by atoms with E-state index in [0.717, 1.165) is 30.8 Å². The first-order chi connectivity index (χ1) is 10.2. The minimum Gasteiger partial charge on any atom is -0.497 e. The molecule has 0 aromatic heterocycles. The number of carbonyl (C=O) groups is 1. The minimum atomic E-state index is 0.224. The van der Waals surface area contributed by atoms with Crippen molar-refractivity contribution in [1.29, 1.82) is 0 Å². The van der Waals surface area contributed by atoms with Gasteiger partial charge in [-0.15, -0.1) is 0 Å². The van der Waals surface area contributed by atoms with Crippen LogP contribution < -0.4 is 10.5 Å². The summed E-state index contributed by atoms with van der Waals surface area (Å²) in [5.41, 5.74) is 7.26. The number of methoxy groups -OCH3 is 1. The van der Waals surface area contributed by atoms with Gasteiger partial charge < -0.3 is 15.4 Å². The van der Waals surface area contributed by atoms with Crippen LogP contribution in [0, 0.1) is 11.8 Å². The van der Waals surface area contributed by atoms with E-state index in [9.17, 15) is 4.79 Å². The summed E-state index contributed by atoms with van der Waals surface area (Å²) in [4.78, 5) is 14.5. The van der Waals surface area contributed by atoms with Crippen molar-refractivity contribution in [2.75, 3.05) is 20.2 Å². The second kappa shape index (κ2) is 6.06. The van der Waals surface area contributed by atoms with Crippen molar-refractivity contribution in [2.24, 2.45) is 17.6 Å². The lowest BCUT2D eigenvalue weighted by molar-refractivity contribution is -0.129. The molecule has 0 spiro atoms. The molecule has 1 aromatic carbocycles. The fraction of sp³-hybridized carbons (Fsp3) is 0.588. The monoisotopic (exact) mass is 288 g/mol. The number of rotatable bonds is 3. The molecule has 3 rings (SSSR count). The van der Waals surface area contributed by atoms with Crippen LogP contribution in [0.3, 0.4) is 0 Å². The number of nitrogens with two attached hydrogens (primary N) is 1. The maximum absolute atomic E-state index is 12.5. The van der Waals surface area contributed by atoms with E-state index in [1.54, 1.807) is 7.11 Å². The molecule has 1 aliphatic carbocycles. The predicted molar refractivity (Wildman–Crippen MR) is 82.1 cm³/mol. The molecule has 1 amide bonds. The highest BCUT2D eigenvalue weighted by molar-refractivity contribution is 5.79. The summed E-state index contributed by atoms with van der Waals surface area (Å²) < 4.78 is 5.14. The number of fused-ring (bicyclic) bond motifs is 1. The SMILES string of the molecule is COc1ccc(CC(=O)N2CC3CCCC(N)C3C2)cc1. The summed E-state index contributed by atoms with van der Waals surface area (Å²) >= 11 is 0. The van der Waals surface area contributed by atoms with E-state index < -0.39 is 0 Å². The average molecular weight is 288 g/mol. The van der Waals surface area contributed by atoms with Gasteiger partial charge in [-0.3, -0.25) is 4.79 Å². The van der Waals surface area contributed by atoms with Gasteiger partial charge in [0, 0.05) is 19.1 Å². The van der Waals surface area contributed by atoms with E-state index in [0.29, 0.717) is 18.3 Å². The third-order valence-corrected chi connectivity index (χ3v) is 5.02. The van der Waals surface area contributed by atoms with Gasteiger partial charge >= 0.3 is 0 Å². The first-order valence-corrected chi connectivity index (χ1v) is 7.83. The Labute approximate surface area is 126 Å². The Hall–Kier alpha value is -1.55. The molecule has 2 aliphatic rings. The molecule has 2 fully saturated rings. The van der Waals surface area contributed by atoms with Gasteiger partial charge in [-0.2, -0.15) is 0 Å². The summed E-state index contributed by atoms with van der Waals surface area (Å²) in [6.07, 6.45) is 4.02. The van der Waals surface area contributed by atoms with Gasteiger partial charge in [0.05, 0.1) is 13.5 Å². The fourth-order valence-corrected chi connectivity index (χ4v) is 3.75. The molecule has 114 valence electrons. The molecule has 0 bridgehead atoms. The number of amides is 1. The highest BCUT2D eigenvalue weighted by Gasteiger charge is 2.40. The van der Waals surface area contributed by atoms with Gasteiger partial charge in [-0.05, 0) is 42.4 Å². The minimum absolute atomic E-state index is 0.224. The number of hydrogen-bond acceptors (Lipinski definition) is 3. The Balaban J connectivity index is 1.60. The van der Waals surface area contributed by atoms with Gasteiger partial charge in [0.2, 0.25) is 5.91 Å². The number of carbonyl (C=O) groups excluding carboxylic acids is 1. The first-order valence-electron chi connectivity index (χ1n) is 7.83. The van der Waals surface area contributed by atoms with Crippen molar-refractivity contribution in [3.05, 3.63) is 29.8 Å². The van der Waals surface area contributed by atoms with Gasteiger partial charge in [-0.25, -0.2) is 0 Å². The Morgan fingerprint density at radius 3 is 2.71 bits per heavy atom. The fourth-order valence-electron chi connectivity index (χ4n) is 3.75. The molecule has 21 heavy (non-hydrogen) atoms. The topological polar surface area (TPSA) is 55.6 Å². The maximum atomic E-state index is 12.5. The van der Waals surface area contributed by atoms with Gasteiger partial charge in [0.1, 0.15) is 5.75 Å². The van der Waals surface area contributed by atoms with Crippen molar-refractivity contribution < 1.29 is 9.53 Å². The van der Waals surface area contributed by atoms with Crippen LogP contribution in [-0.2, 0) is 11.2 Å². The predicted octanol–water partition coefficient (Wildman–Crippen LogP) is 1.82. The van der Waals surface area contributed by atoms with E-state index in [1.165, 1.54) is 12.8 Å². The summed E-state index contributed by atoms with van der Waals surface area (Å²) in [5, 5.41) is 0. The van der Waals surface area contributed by atoms with E-state index >= 15 is 0 Å². The lowest BCUT2D eigenvalue weighted by Crippen LogP contribution is -2.38. The zero-order chi connectivity index (χ0) is 14.8. The molecule has 3 unspecified atom stereocenters. The van der Waals surface area contributed by atoms with Gasteiger partial charge in [0.25, 0.3) is 0 Å². The molecule has 1 aliphatic heterocycles. The smallest absolute Gasteiger partial charge is 0.227 e. The van der Waals surface area contributed by atoms with Crippen LogP contribution in [0.15, 0.2) is 24.3 Å². The molecule has 4 nitrogen and oxygen atoms in total. The molecule has 4 heteroatoms. The van der Waals surface area contributed by atoms with Crippen molar-refractivity contribution in [2.45, 2.75) is 31.7 Å². The van der Waals surface area contributed by atoms with Crippen molar-refractivity contribution in [1.82, 2.24) is 4.90 Å². The maximum Gasteiger partial charge on any atom is 0.227 e. The second-order valence-corrected chi connectivity index (χ2v) is 6.34. The summed E-state index contributed by atoms with van der Waals surface area (Å²) in [5.74, 6) is 2.18. The third kappa shape index (κ3) is 3.05. The molecule has 1 saturated heterocycles. The number of hydrogen-bond donors (Lipinski definition) is 1. The van der Waals surface area contributed by atoms with Gasteiger partial charge in [-0.1, -0.05) is 18.6 Å². The Morgan fingerprint density at radius 1 is 1.29 bits per heavy atom. The van der Waals surface area contributed by atoms with Crippen molar-refractivity contribution in [3.63, 3.8) is 0 Å². The number of benzene rings is 1. The number of ether oxygens (including phenoxy) is 1. The Morgan fingerprint density at radius 2 is 2.05 bits per heavy atom. The van der Waals surface area contributed by atoms with Crippen LogP contribution in [0.5, 0.6) is 5.75 Å². The van der Waals surface area contributed by atoms with Crippen LogP contribution in [0.1, 0.15) is 24.8 Å². The third-order valence-electron chi connectivity index (χ3n) is 5.02. The largest absolute Gasteiger partial charge is 0.497 e. The second-order valence-electron chi connectivity index (χ2n) is 6.34. The molecule has 3 atom stereocenters. The van der Waals surface area contributed by atoms with Crippen molar-refractivity contribution >= 4 is 5.91 Å². The number of nitrogens with zero attached hydrogens (tertiary/aromatic N) is 1. The van der Waals surface area contributed by atoms with Crippen LogP contribution in [0.4, 0.5) is 0 Å². The zero-order valence-electron chi connectivity index (χ0n) is 12.6. The zero-order valence-corrected chi connectivity index (χ0v) is 12.6. The molecular weight excluding hydrogens is 264 g/mol. The van der Waals surface area contributed by atoms with Crippen LogP contribution in [0.2, 0.25) is 0 Å². The highest BCUT2D eigenvalue weighted by Crippen LogP contribution is 2.35. The molecule has 1 aromatic rings. The first kappa shape index (κ1) is 14.4. The molecule has 0 radical (unpaired) electrons. The normalized spacial score (nSPS) is 28.3. The highest BCUT2D eigenvalue weighted by atomic mass is 16.5. The summed E-state index contributed by atoms with van der Waals surface area (Å²) in [7, 11) is 1.65. The quantitative estimate of drug-likeness (QED) is 0.923. The standard InChI is InChI=1S/C17H24N2O2/c1-21-14-7-5-12(6-8-14)9-17(20)19-10-13-3-2-4-16(18)15(13)11-19/h5-8,13,15-16H,2-4,9-11,18H2,1H3. The molecule has 2 N–H and O–H groups in total. The summed E-state index contributed by atoms with van der Waals surface area (Å²) in [6, 6.07) is 8.02. The van der Waals surface area contributed by atoms with Crippen LogP contribution >= 0.6 is 0 Å². The Kier molecular flexibility index (Phi) is 4.15. The van der Waals surface area contributed by atoms with Crippen molar-refractivity contribution in [3.8, 4) is 5.75 Å². The Bertz CT molecular complexity index is 500. The number of likely N-dealkylation sites (tertiary alicyclic amines) is 1. The van der Waals surface area contributed by atoms with E-state index in [4.69, 9.17) is 10.5 Å². The average Bonchev–Trinajstić information content (AvgIpc) is 2.94. The van der Waals surface area contributed by atoms with Crippen LogP contribution in [-0.4, -0.2) is 37.0 Å². The van der Waals surface area contributed by atoms with E-state index in [1.807, 2.05) is 29.2 Å². The van der Waals surface area contributed by atoms with Gasteiger partial charge in [0.15, 0.2) is 0 Å².